The number of phenols is 1. The number of benzene rings is 1. The van der Waals surface area contributed by atoms with Gasteiger partial charge in [-0.2, -0.15) is 5.26 Å². The largest absolute Gasteiger partial charge is 0.507 e. The standard InChI is InChI=1S/C8H5FN2O2/c9-5-1-2-6(7(12)3-5)8(13)11-4-10/h1-3,12H,(H,11,13). The molecule has 0 fully saturated rings. The number of hydrogen-bond acceptors (Lipinski definition) is 3. The second kappa shape index (κ2) is 3.54. The van der Waals surface area contributed by atoms with Gasteiger partial charge in [-0.05, 0) is 12.1 Å². The van der Waals surface area contributed by atoms with E-state index in [9.17, 15) is 9.18 Å². The van der Waals surface area contributed by atoms with Gasteiger partial charge in [-0.1, -0.05) is 0 Å². The molecule has 0 spiro atoms. The molecule has 4 nitrogen and oxygen atoms in total. The van der Waals surface area contributed by atoms with E-state index in [1.54, 1.807) is 5.32 Å². The van der Waals surface area contributed by atoms with Gasteiger partial charge in [0.1, 0.15) is 11.6 Å². The van der Waals surface area contributed by atoms with Crippen LogP contribution in [0.2, 0.25) is 0 Å². The summed E-state index contributed by atoms with van der Waals surface area (Å²) in [6.45, 7) is 0. The quantitative estimate of drug-likeness (QED) is 0.494. The summed E-state index contributed by atoms with van der Waals surface area (Å²) in [7, 11) is 0. The van der Waals surface area contributed by atoms with E-state index in [4.69, 9.17) is 10.4 Å². The van der Waals surface area contributed by atoms with E-state index in [0.717, 1.165) is 18.2 Å². The third-order valence-electron chi connectivity index (χ3n) is 1.37. The van der Waals surface area contributed by atoms with Gasteiger partial charge in [-0.15, -0.1) is 0 Å². The van der Waals surface area contributed by atoms with Crippen molar-refractivity contribution in [3.8, 4) is 11.9 Å². The number of nitriles is 1. The Morgan fingerprint density at radius 2 is 2.31 bits per heavy atom. The number of carbonyl (C=O) groups excluding carboxylic acids is 1. The molecule has 0 atom stereocenters. The van der Waals surface area contributed by atoms with Crippen LogP contribution in [0.1, 0.15) is 10.4 Å². The number of hydrogen-bond donors (Lipinski definition) is 2. The molecule has 0 unspecified atom stereocenters. The topological polar surface area (TPSA) is 73.1 Å². The molecule has 1 rings (SSSR count). The van der Waals surface area contributed by atoms with Crippen molar-refractivity contribution < 1.29 is 14.3 Å². The molecule has 1 aromatic rings. The van der Waals surface area contributed by atoms with Crippen LogP contribution < -0.4 is 5.32 Å². The van der Waals surface area contributed by atoms with Crippen LogP contribution >= 0.6 is 0 Å². The zero-order valence-electron chi connectivity index (χ0n) is 6.41. The number of aromatic hydroxyl groups is 1. The second-order valence-electron chi connectivity index (χ2n) is 2.23. The molecule has 0 saturated heterocycles. The molecule has 5 heteroatoms. The minimum atomic E-state index is -0.764. The van der Waals surface area contributed by atoms with Crippen molar-refractivity contribution in [2.24, 2.45) is 0 Å². The lowest BCUT2D eigenvalue weighted by molar-refractivity contribution is 0.0970. The first-order valence-corrected chi connectivity index (χ1v) is 3.33. The summed E-state index contributed by atoms with van der Waals surface area (Å²) in [4.78, 5) is 11.0. The fourth-order valence-electron chi connectivity index (χ4n) is 0.815. The highest BCUT2D eigenvalue weighted by molar-refractivity contribution is 5.97. The van der Waals surface area contributed by atoms with Gasteiger partial charge in [0.2, 0.25) is 0 Å². The Bertz CT molecular complexity index is 384. The van der Waals surface area contributed by atoms with Gasteiger partial charge in [-0.25, -0.2) is 4.39 Å². The van der Waals surface area contributed by atoms with Crippen molar-refractivity contribution >= 4 is 5.91 Å². The minimum Gasteiger partial charge on any atom is -0.507 e. The average Bonchev–Trinajstić information content (AvgIpc) is 2.04. The van der Waals surface area contributed by atoms with Crippen LogP contribution in [0, 0.1) is 17.3 Å². The highest BCUT2D eigenvalue weighted by atomic mass is 19.1. The van der Waals surface area contributed by atoms with Gasteiger partial charge < -0.3 is 5.11 Å². The predicted molar refractivity (Wildman–Crippen MR) is 41.1 cm³/mol. The second-order valence-corrected chi connectivity index (χ2v) is 2.23. The van der Waals surface area contributed by atoms with Crippen molar-refractivity contribution in [3.05, 3.63) is 29.6 Å². The third-order valence-corrected chi connectivity index (χ3v) is 1.37. The molecule has 0 bridgehead atoms. The normalized spacial score (nSPS) is 8.92. The number of nitrogens with zero attached hydrogens (tertiary/aromatic N) is 1. The van der Waals surface area contributed by atoms with Gasteiger partial charge in [0.05, 0.1) is 5.56 Å². The molecule has 0 aliphatic carbocycles. The summed E-state index contributed by atoms with van der Waals surface area (Å²) in [5, 5.41) is 19.0. The lowest BCUT2D eigenvalue weighted by Crippen LogP contribution is -2.17. The van der Waals surface area contributed by atoms with E-state index < -0.39 is 17.5 Å². The van der Waals surface area contributed by atoms with Gasteiger partial charge in [0, 0.05) is 6.07 Å². The number of rotatable bonds is 1. The monoisotopic (exact) mass is 180 g/mol. The zero-order valence-corrected chi connectivity index (χ0v) is 6.41. The number of halogens is 1. The van der Waals surface area contributed by atoms with Crippen LogP contribution in [0.4, 0.5) is 4.39 Å². The van der Waals surface area contributed by atoms with Crippen molar-refractivity contribution in [2.75, 3.05) is 0 Å². The third kappa shape index (κ3) is 1.93. The Morgan fingerprint density at radius 1 is 1.62 bits per heavy atom. The van der Waals surface area contributed by atoms with Crippen LogP contribution in [0.25, 0.3) is 0 Å². The maximum absolute atomic E-state index is 12.4. The maximum atomic E-state index is 12.4. The summed E-state index contributed by atoms with van der Waals surface area (Å²) < 4.78 is 12.4. The maximum Gasteiger partial charge on any atom is 0.268 e. The molecule has 13 heavy (non-hydrogen) atoms. The first-order chi connectivity index (χ1) is 6.15. The summed E-state index contributed by atoms with van der Waals surface area (Å²) in [5.74, 6) is -1.90. The van der Waals surface area contributed by atoms with Crippen LogP contribution in [0.3, 0.4) is 0 Å². The van der Waals surface area contributed by atoms with E-state index >= 15 is 0 Å². The number of nitrogens with one attached hydrogen (secondary N) is 1. The van der Waals surface area contributed by atoms with E-state index in [1.165, 1.54) is 6.19 Å². The summed E-state index contributed by atoms with van der Waals surface area (Å²) >= 11 is 0. The fraction of sp³-hybridized carbons (Fsp3) is 0. The van der Waals surface area contributed by atoms with E-state index in [0.29, 0.717) is 0 Å². The van der Waals surface area contributed by atoms with Gasteiger partial charge in [-0.3, -0.25) is 10.1 Å². The molecule has 66 valence electrons. The summed E-state index contributed by atoms with van der Waals surface area (Å²) in [6, 6.07) is 2.91. The van der Waals surface area contributed by atoms with E-state index in [2.05, 4.69) is 0 Å². The van der Waals surface area contributed by atoms with Crippen LogP contribution in [0.15, 0.2) is 18.2 Å². The fourth-order valence-corrected chi connectivity index (χ4v) is 0.815. The number of carbonyl (C=O) groups is 1. The molecular formula is C8H5FN2O2. The molecule has 0 aliphatic heterocycles. The smallest absolute Gasteiger partial charge is 0.268 e. The van der Waals surface area contributed by atoms with E-state index in [1.807, 2.05) is 0 Å². The van der Waals surface area contributed by atoms with Crippen molar-refractivity contribution in [3.63, 3.8) is 0 Å². The summed E-state index contributed by atoms with van der Waals surface area (Å²) in [5.41, 5.74) is -0.136. The Balaban J connectivity index is 3.03. The molecule has 1 amide bonds. The molecule has 0 radical (unpaired) electrons. The molecular weight excluding hydrogens is 175 g/mol. The Labute approximate surface area is 73.2 Å². The molecule has 0 saturated carbocycles. The van der Waals surface area contributed by atoms with Crippen LogP contribution in [-0.2, 0) is 0 Å². The Hall–Kier alpha value is -2.09. The number of amides is 1. The Kier molecular flexibility index (Phi) is 2.45. The molecule has 2 N–H and O–H groups in total. The summed E-state index contributed by atoms with van der Waals surface area (Å²) in [6.07, 6.45) is 1.40. The predicted octanol–water partition coefficient (Wildman–Crippen LogP) is 0.742. The lowest BCUT2D eigenvalue weighted by atomic mass is 10.2. The van der Waals surface area contributed by atoms with Gasteiger partial charge in [0.25, 0.3) is 5.91 Å². The minimum absolute atomic E-state index is 0.136. The van der Waals surface area contributed by atoms with Crippen molar-refractivity contribution in [2.45, 2.75) is 0 Å². The van der Waals surface area contributed by atoms with Crippen molar-refractivity contribution in [1.29, 1.82) is 5.26 Å². The Morgan fingerprint density at radius 3 is 2.85 bits per heavy atom. The zero-order chi connectivity index (χ0) is 9.84. The van der Waals surface area contributed by atoms with Crippen LogP contribution in [0.5, 0.6) is 5.75 Å². The first kappa shape index (κ1) is 9.00. The van der Waals surface area contributed by atoms with Gasteiger partial charge in [0.15, 0.2) is 6.19 Å². The van der Waals surface area contributed by atoms with E-state index in [-0.39, 0.29) is 5.56 Å². The average molecular weight is 180 g/mol. The highest BCUT2D eigenvalue weighted by Gasteiger charge is 2.10. The molecule has 1 aromatic carbocycles. The van der Waals surface area contributed by atoms with Gasteiger partial charge >= 0.3 is 0 Å². The van der Waals surface area contributed by atoms with Crippen molar-refractivity contribution in [1.82, 2.24) is 5.32 Å². The molecule has 0 aromatic heterocycles. The lowest BCUT2D eigenvalue weighted by Gasteiger charge is -2.00. The first-order valence-electron chi connectivity index (χ1n) is 3.33. The highest BCUT2D eigenvalue weighted by Crippen LogP contribution is 2.17. The molecule has 0 aliphatic rings. The van der Waals surface area contributed by atoms with Crippen LogP contribution in [-0.4, -0.2) is 11.0 Å². The molecule has 0 heterocycles. The number of phenolic OH excluding ortho intramolecular Hbond substituents is 1. The SMILES string of the molecule is N#CNC(=O)c1ccc(F)cc1O.